The van der Waals surface area contributed by atoms with Crippen LogP contribution in [0.2, 0.25) is 0 Å². The first-order valence-electron chi connectivity index (χ1n) is 8.76. The zero-order chi connectivity index (χ0) is 18.6. The second kappa shape index (κ2) is 8.05. The highest BCUT2D eigenvalue weighted by Gasteiger charge is 2.14. The lowest BCUT2D eigenvalue weighted by atomic mass is 10.0. The van der Waals surface area contributed by atoms with E-state index in [0.717, 1.165) is 26.1 Å². The number of fused-ring (bicyclic) bond motifs is 1. The highest BCUT2D eigenvalue weighted by Crippen LogP contribution is 2.33. The number of benzene rings is 2. The predicted molar refractivity (Wildman–Crippen MR) is 113 cm³/mol. The van der Waals surface area contributed by atoms with E-state index in [1.54, 1.807) is 22.7 Å². The van der Waals surface area contributed by atoms with Crippen LogP contribution in [0.4, 0.5) is 0 Å². The molecular weight excluding hydrogens is 374 g/mol. The van der Waals surface area contributed by atoms with Gasteiger partial charge < -0.3 is 10.4 Å². The minimum absolute atomic E-state index is 0.0829. The van der Waals surface area contributed by atoms with Gasteiger partial charge in [0.2, 0.25) is 5.91 Å². The van der Waals surface area contributed by atoms with Crippen molar-refractivity contribution >= 4 is 39.4 Å². The zero-order valence-corrected chi connectivity index (χ0v) is 16.2. The van der Waals surface area contributed by atoms with Gasteiger partial charge >= 0.3 is 0 Å². The molecule has 4 aromatic rings. The average molecular weight is 394 g/mol. The standard InChI is InChI=1S/C22H19NO2S2/c24-18(19-10-11-21(27-19)20-9-4-12-26-20)14-23-22(25)13-16-7-3-6-15-5-1-2-8-17(15)16/h1-12,18,24H,13-14H2,(H,23,25). The van der Waals surface area contributed by atoms with Crippen molar-refractivity contribution in [3.63, 3.8) is 0 Å². The van der Waals surface area contributed by atoms with Crippen LogP contribution in [0.1, 0.15) is 16.5 Å². The summed E-state index contributed by atoms with van der Waals surface area (Å²) in [5.74, 6) is -0.0829. The van der Waals surface area contributed by atoms with Crippen LogP contribution < -0.4 is 5.32 Å². The van der Waals surface area contributed by atoms with Gasteiger partial charge in [0, 0.05) is 21.2 Å². The van der Waals surface area contributed by atoms with Gasteiger partial charge in [-0.2, -0.15) is 0 Å². The molecule has 5 heteroatoms. The van der Waals surface area contributed by atoms with E-state index in [2.05, 4.69) is 11.4 Å². The summed E-state index contributed by atoms with van der Waals surface area (Å²) in [6.45, 7) is 0.216. The van der Waals surface area contributed by atoms with Crippen LogP contribution in [0.15, 0.2) is 72.1 Å². The second-order valence-corrected chi connectivity index (χ2v) is 8.38. The molecule has 2 aromatic carbocycles. The van der Waals surface area contributed by atoms with Crippen molar-refractivity contribution in [1.29, 1.82) is 0 Å². The molecule has 2 heterocycles. The maximum Gasteiger partial charge on any atom is 0.224 e. The first-order chi connectivity index (χ1) is 13.2. The average Bonchev–Trinajstić information content (AvgIpc) is 3.38. The van der Waals surface area contributed by atoms with Gasteiger partial charge in [-0.3, -0.25) is 4.79 Å². The van der Waals surface area contributed by atoms with E-state index < -0.39 is 6.10 Å². The van der Waals surface area contributed by atoms with Crippen LogP contribution in [-0.4, -0.2) is 17.6 Å². The second-order valence-electron chi connectivity index (χ2n) is 6.31. The molecular formula is C22H19NO2S2. The maximum absolute atomic E-state index is 12.4. The van der Waals surface area contributed by atoms with Crippen molar-refractivity contribution in [2.24, 2.45) is 0 Å². The molecule has 0 aliphatic heterocycles. The summed E-state index contributed by atoms with van der Waals surface area (Å²) in [4.78, 5) is 15.6. The van der Waals surface area contributed by atoms with Crippen LogP contribution in [0, 0.1) is 0 Å². The Hall–Kier alpha value is -2.47. The normalized spacial score (nSPS) is 12.2. The monoisotopic (exact) mass is 393 g/mol. The van der Waals surface area contributed by atoms with Gasteiger partial charge in [-0.25, -0.2) is 0 Å². The smallest absolute Gasteiger partial charge is 0.224 e. The van der Waals surface area contributed by atoms with Gasteiger partial charge in [0.25, 0.3) is 0 Å². The number of thiophene rings is 2. The molecule has 1 amide bonds. The Morgan fingerprint density at radius 2 is 1.81 bits per heavy atom. The lowest BCUT2D eigenvalue weighted by Crippen LogP contribution is -2.29. The summed E-state index contributed by atoms with van der Waals surface area (Å²) in [6, 6.07) is 22.1. The van der Waals surface area contributed by atoms with E-state index >= 15 is 0 Å². The quantitative estimate of drug-likeness (QED) is 0.483. The Morgan fingerprint density at radius 3 is 2.67 bits per heavy atom. The number of carbonyl (C=O) groups excluding carboxylic acids is 1. The molecule has 0 saturated carbocycles. The first kappa shape index (κ1) is 17.9. The van der Waals surface area contributed by atoms with Gasteiger partial charge in [0.1, 0.15) is 6.10 Å². The Kier molecular flexibility index (Phi) is 5.34. The topological polar surface area (TPSA) is 49.3 Å². The van der Waals surface area contributed by atoms with Crippen LogP contribution in [0.3, 0.4) is 0 Å². The minimum atomic E-state index is -0.694. The van der Waals surface area contributed by atoms with Crippen molar-refractivity contribution in [3.05, 3.63) is 82.6 Å². The molecule has 0 aliphatic rings. The van der Waals surface area contributed by atoms with Gasteiger partial charge in [-0.1, -0.05) is 48.5 Å². The van der Waals surface area contributed by atoms with E-state index in [1.807, 2.05) is 66.0 Å². The molecule has 1 unspecified atom stereocenters. The molecule has 4 rings (SSSR count). The van der Waals surface area contributed by atoms with Crippen LogP contribution in [0.5, 0.6) is 0 Å². The third-order valence-corrected chi connectivity index (χ3v) is 6.69. The van der Waals surface area contributed by atoms with Gasteiger partial charge in [-0.05, 0) is 39.9 Å². The highest BCUT2D eigenvalue weighted by molar-refractivity contribution is 7.21. The summed E-state index contributed by atoms with van der Waals surface area (Å²) in [7, 11) is 0. The van der Waals surface area contributed by atoms with Crippen LogP contribution in [-0.2, 0) is 11.2 Å². The van der Waals surface area contributed by atoms with E-state index in [0.29, 0.717) is 6.42 Å². The van der Waals surface area contributed by atoms with Gasteiger partial charge in [-0.15, -0.1) is 22.7 Å². The number of aliphatic hydroxyl groups excluding tert-OH is 1. The van der Waals surface area contributed by atoms with E-state index in [-0.39, 0.29) is 12.5 Å². The van der Waals surface area contributed by atoms with Crippen molar-refractivity contribution < 1.29 is 9.90 Å². The number of nitrogens with one attached hydrogen (secondary N) is 1. The highest BCUT2D eigenvalue weighted by atomic mass is 32.1. The van der Waals surface area contributed by atoms with E-state index in [4.69, 9.17) is 0 Å². The molecule has 0 saturated heterocycles. The lowest BCUT2D eigenvalue weighted by Gasteiger charge is -2.11. The fraction of sp³-hybridized carbons (Fsp3) is 0.136. The number of carbonyl (C=O) groups is 1. The molecule has 0 bridgehead atoms. The largest absolute Gasteiger partial charge is 0.386 e. The maximum atomic E-state index is 12.4. The van der Waals surface area contributed by atoms with Crippen LogP contribution in [0.25, 0.3) is 20.5 Å². The SMILES string of the molecule is O=C(Cc1cccc2ccccc12)NCC(O)c1ccc(-c2cccs2)s1. The van der Waals surface area contributed by atoms with Gasteiger partial charge in [0.05, 0.1) is 6.42 Å². The molecule has 0 spiro atoms. The molecule has 2 N–H and O–H groups in total. The Morgan fingerprint density at radius 1 is 0.963 bits per heavy atom. The Bertz CT molecular complexity index is 1050. The van der Waals surface area contributed by atoms with Crippen LogP contribution >= 0.6 is 22.7 Å². The van der Waals surface area contributed by atoms with Crippen molar-refractivity contribution in [2.75, 3.05) is 6.54 Å². The summed E-state index contributed by atoms with van der Waals surface area (Å²) in [5, 5.41) is 17.5. The molecule has 0 radical (unpaired) electrons. The van der Waals surface area contributed by atoms with Gasteiger partial charge in [0.15, 0.2) is 0 Å². The third kappa shape index (κ3) is 4.11. The first-order valence-corrected chi connectivity index (χ1v) is 10.5. The Balaban J connectivity index is 1.37. The number of hydrogen-bond donors (Lipinski definition) is 2. The number of hydrogen-bond acceptors (Lipinski definition) is 4. The van der Waals surface area contributed by atoms with Crippen molar-refractivity contribution in [3.8, 4) is 9.75 Å². The molecule has 0 fully saturated rings. The van der Waals surface area contributed by atoms with E-state index in [1.165, 1.54) is 4.88 Å². The molecule has 136 valence electrons. The zero-order valence-electron chi connectivity index (χ0n) is 14.6. The number of aliphatic hydroxyl groups is 1. The predicted octanol–water partition coefficient (Wildman–Crippen LogP) is 5.02. The molecule has 2 aromatic heterocycles. The summed E-state index contributed by atoms with van der Waals surface area (Å²) < 4.78 is 0. The van der Waals surface area contributed by atoms with Crippen molar-refractivity contribution in [1.82, 2.24) is 5.32 Å². The molecule has 27 heavy (non-hydrogen) atoms. The van der Waals surface area contributed by atoms with E-state index in [9.17, 15) is 9.90 Å². The minimum Gasteiger partial charge on any atom is -0.386 e. The Labute approximate surface area is 165 Å². The molecule has 0 aliphatic carbocycles. The number of amides is 1. The summed E-state index contributed by atoms with van der Waals surface area (Å²) in [6.07, 6.45) is -0.390. The molecule has 1 atom stereocenters. The number of rotatable bonds is 6. The summed E-state index contributed by atoms with van der Waals surface area (Å²) in [5.41, 5.74) is 0.996. The molecule has 3 nitrogen and oxygen atoms in total. The van der Waals surface area contributed by atoms with Crippen molar-refractivity contribution in [2.45, 2.75) is 12.5 Å². The fourth-order valence-corrected chi connectivity index (χ4v) is 4.90. The third-order valence-electron chi connectivity index (χ3n) is 4.44. The fourth-order valence-electron chi connectivity index (χ4n) is 3.08. The lowest BCUT2D eigenvalue weighted by molar-refractivity contribution is -0.120. The summed E-state index contributed by atoms with van der Waals surface area (Å²) >= 11 is 3.25.